The normalized spacial score (nSPS) is 15.6. The van der Waals surface area contributed by atoms with Crippen molar-refractivity contribution in [1.82, 2.24) is 0 Å². The molecule has 2 rings (SSSR count). The number of ether oxygens (including phenoxy) is 2. The maximum Gasteiger partial charge on any atom is 0.379 e. The number of ketones is 1. The van der Waals surface area contributed by atoms with Crippen LogP contribution < -0.4 is 4.90 Å². The number of hydrogen-bond donors (Lipinski definition) is 0. The molecule has 0 unspecified atom stereocenters. The fraction of sp³-hybridized carbons (Fsp3) is 0.444. The summed E-state index contributed by atoms with van der Waals surface area (Å²) in [5.74, 6) is -1.46. The van der Waals surface area contributed by atoms with Gasteiger partial charge in [-0.1, -0.05) is 18.2 Å². The molecule has 23 heavy (non-hydrogen) atoms. The number of carbonyl (C=O) groups is 2. The van der Waals surface area contributed by atoms with Crippen LogP contribution in [0.15, 0.2) is 30.3 Å². The zero-order valence-corrected chi connectivity index (χ0v) is 13.7. The lowest BCUT2D eigenvalue weighted by atomic mass is 10.1. The molecule has 1 fully saturated rings. The summed E-state index contributed by atoms with van der Waals surface area (Å²) < 4.78 is 10.0. The maximum absolute atomic E-state index is 11.5. The molecule has 1 aromatic carbocycles. The molecule has 0 radical (unpaired) electrons. The van der Waals surface area contributed by atoms with Crippen molar-refractivity contribution in [1.29, 1.82) is 0 Å². The van der Waals surface area contributed by atoms with E-state index in [2.05, 4.69) is 16.7 Å². The molecule has 124 valence electrons. The smallest absolute Gasteiger partial charge is 0.379 e. The van der Waals surface area contributed by atoms with E-state index < -0.39 is 11.8 Å². The van der Waals surface area contributed by atoms with E-state index in [9.17, 15) is 9.59 Å². The summed E-state index contributed by atoms with van der Waals surface area (Å²) in [6.45, 7) is 3.49. The molecule has 5 heteroatoms. The molecule has 1 heterocycles. The Morgan fingerprint density at radius 2 is 1.91 bits per heavy atom. The molecule has 0 amide bonds. The van der Waals surface area contributed by atoms with Gasteiger partial charge in [0.2, 0.25) is 0 Å². The number of benzene rings is 1. The van der Waals surface area contributed by atoms with Crippen molar-refractivity contribution in [3.05, 3.63) is 35.9 Å². The molecule has 0 aliphatic carbocycles. The van der Waals surface area contributed by atoms with Crippen LogP contribution >= 0.6 is 0 Å². The van der Waals surface area contributed by atoms with E-state index in [1.807, 2.05) is 24.3 Å². The quantitative estimate of drug-likeness (QED) is 0.458. The number of anilines is 1. The van der Waals surface area contributed by atoms with E-state index >= 15 is 0 Å². The molecule has 5 nitrogen and oxygen atoms in total. The lowest BCUT2D eigenvalue weighted by Gasteiger charge is -2.33. The molecule has 1 aromatic rings. The van der Waals surface area contributed by atoms with Gasteiger partial charge in [0.1, 0.15) is 0 Å². The Bertz CT molecular complexity index is 559. The average Bonchev–Trinajstić information content (AvgIpc) is 2.60. The van der Waals surface area contributed by atoms with Crippen molar-refractivity contribution in [3.63, 3.8) is 0 Å². The number of rotatable bonds is 6. The first kappa shape index (κ1) is 17.2. The Balaban J connectivity index is 1.96. The Hall–Kier alpha value is -2.14. The van der Waals surface area contributed by atoms with Gasteiger partial charge in [0.05, 0.1) is 6.61 Å². The van der Waals surface area contributed by atoms with Crippen LogP contribution in [0.5, 0.6) is 0 Å². The van der Waals surface area contributed by atoms with Crippen molar-refractivity contribution in [2.24, 2.45) is 0 Å². The Labute approximate surface area is 136 Å². The second-order valence-electron chi connectivity index (χ2n) is 5.46. The molecule has 0 spiro atoms. The van der Waals surface area contributed by atoms with Crippen LogP contribution in [-0.4, -0.2) is 44.7 Å². The van der Waals surface area contributed by atoms with Crippen LogP contribution in [0.4, 0.5) is 5.69 Å². The third-order valence-corrected chi connectivity index (χ3v) is 3.94. The van der Waals surface area contributed by atoms with Crippen molar-refractivity contribution in [3.8, 4) is 0 Å². The zero-order valence-electron chi connectivity index (χ0n) is 13.7. The van der Waals surface area contributed by atoms with Gasteiger partial charge in [0.25, 0.3) is 5.78 Å². The van der Waals surface area contributed by atoms with E-state index in [1.165, 1.54) is 6.08 Å². The number of nitrogens with zero attached hydrogens (tertiary/aromatic N) is 1. The van der Waals surface area contributed by atoms with Crippen molar-refractivity contribution >= 4 is 23.5 Å². The van der Waals surface area contributed by atoms with Crippen LogP contribution in [0.2, 0.25) is 0 Å². The molecular weight excluding hydrogens is 294 g/mol. The minimum atomic E-state index is -0.820. The summed E-state index contributed by atoms with van der Waals surface area (Å²) in [4.78, 5) is 25.0. The van der Waals surface area contributed by atoms with Gasteiger partial charge < -0.3 is 14.4 Å². The van der Waals surface area contributed by atoms with Gasteiger partial charge in [-0.2, -0.15) is 0 Å². The van der Waals surface area contributed by atoms with E-state index in [0.29, 0.717) is 6.04 Å². The minimum absolute atomic E-state index is 0.200. The first-order valence-electron chi connectivity index (χ1n) is 7.91. The van der Waals surface area contributed by atoms with Crippen LogP contribution in [0, 0.1) is 0 Å². The monoisotopic (exact) mass is 317 g/mol. The summed E-state index contributed by atoms with van der Waals surface area (Å²) in [5.41, 5.74) is 2.00. The highest BCUT2D eigenvalue weighted by atomic mass is 16.5. The second-order valence-corrected chi connectivity index (χ2v) is 5.46. The topological polar surface area (TPSA) is 55.8 Å². The highest BCUT2D eigenvalue weighted by molar-refractivity contribution is 6.39. The number of carbonyl (C=O) groups excluding carboxylic acids is 2. The van der Waals surface area contributed by atoms with Gasteiger partial charge >= 0.3 is 5.97 Å². The second kappa shape index (κ2) is 8.48. The lowest BCUT2D eigenvalue weighted by Crippen LogP contribution is -2.36. The summed E-state index contributed by atoms with van der Waals surface area (Å²) in [6.07, 6.45) is 4.94. The fourth-order valence-corrected chi connectivity index (χ4v) is 2.55. The molecule has 1 saturated heterocycles. The molecule has 1 aliphatic heterocycles. The molecular formula is C18H23NO4. The Morgan fingerprint density at radius 1 is 1.26 bits per heavy atom. The standard InChI is InChI=1S/C18H23NO4/c1-3-23-18(21)17(20)9-6-14-4-7-15(8-5-14)19(2)16-10-12-22-13-11-16/h4-9,16H,3,10-13H2,1-2H3/b9-6+. The fourth-order valence-electron chi connectivity index (χ4n) is 2.55. The van der Waals surface area contributed by atoms with Crippen LogP contribution in [0.25, 0.3) is 6.08 Å². The van der Waals surface area contributed by atoms with E-state index in [4.69, 9.17) is 4.74 Å². The Kier molecular flexibility index (Phi) is 6.35. The molecule has 0 N–H and O–H groups in total. The molecule has 0 atom stereocenters. The predicted octanol–water partition coefficient (Wildman–Crippen LogP) is 2.45. The minimum Gasteiger partial charge on any atom is -0.460 e. The summed E-state index contributed by atoms with van der Waals surface area (Å²) >= 11 is 0. The zero-order chi connectivity index (χ0) is 16.7. The maximum atomic E-state index is 11.5. The third-order valence-electron chi connectivity index (χ3n) is 3.94. The molecule has 0 aromatic heterocycles. The summed E-state index contributed by atoms with van der Waals surface area (Å²) in [7, 11) is 2.09. The van der Waals surface area contributed by atoms with Crippen LogP contribution in [0.3, 0.4) is 0 Å². The summed E-state index contributed by atoms with van der Waals surface area (Å²) in [6, 6.07) is 8.39. The van der Waals surface area contributed by atoms with E-state index in [1.54, 1.807) is 13.0 Å². The first-order valence-corrected chi connectivity index (χ1v) is 7.91. The predicted molar refractivity (Wildman–Crippen MR) is 89.4 cm³/mol. The van der Waals surface area contributed by atoms with Gasteiger partial charge in [-0.05, 0) is 43.5 Å². The van der Waals surface area contributed by atoms with E-state index in [0.717, 1.165) is 37.3 Å². The summed E-state index contributed by atoms with van der Waals surface area (Å²) in [5, 5.41) is 0. The van der Waals surface area contributed by atoms with Crippen molar-refractivity contribution in [2.45, 2.75) is 25.8 Å². The van der Waals surface area contributed by atoms with Crippen molar-refractivity contribution in [2.75, 3.05) is 31.8 Å². The molecule has 1 aliphatic rings. The highest BCUT2D eigenvalue weighted by Crippen LogP contribution is 2.21. The van der Waals surface area contributed by atoms with Gasteiger partial charge in [-0.25, -0.2) is 4.79 Å². The SMILES string of the molecule is CCOC(=O)C(=O)/C=C/c1ccc(N(C)C2CCOCC2)cc1. The largest absolute Gasteiger partial charge is 0.460 e. The molecule has 0 saturated carbocycles. The van der Waals surface area contributed by atoms with Crippen LogP contribution in [-0.2, 0) is 19.1 Å². The average molecular weight is 317 g/mol. The Morgan fingerprint density at radius 3 is 2.52 bits per heavy atom. The van der Waals surface area contributed by atoms with Crippen molar-refractivity contribution < 1.29 is 19.1 Å². The number of hydrogen-bond acceptors (Lipinski definition) is 5. The molecule has 0 bridgehead atoms. The van der Waals surface area contributed by atoms with Gasteiger partial charge in [0.15, 0.2) is 0 Å². The van der Waals surface area contributed by atoms with E-state index in [-0.39, 0.29) is 6.61 Å². The van der Waals surface area contributed by atoms with Gasteiger partial charge in [-0.3, -0.25) is 4.79 Å². The lowest BCUT2D eigenvalue weighted by molar-refractivity contribution is -0.151. The van der Waals surface area contributed by atoms with Crippen LogP contribution in [0.1, 0.15) is 25.3 Å². The first-order chi connectivity index (χ1) is 11.1. The number of esters is 1. The van der Waals surface area contributed by atoms with Gasteiger partial charge in [0, 0.05) is 32.0 Å². The van der Waals surface area contributed by atoms with Gasteiger partial charge in [-0.15, -0.1) is 0 Å². The highest BCUT2D eigenvalue weighted by Gasteiger charge is 2.18. The third kappa shape index (κ3) is 4.93.